The minimum absolute atomic E-state index is 0.0340. The number of anilines is 2. The largest absolute Gasteiger partial charge is 0.497 e. The van der Waals surface area contributed by atoms with E-state index in [4.69, 9.17) is 19.2 Å². The van der Waals surface area contributed by atoms with E-state index in [0.29, 0.717) is 31.1 Å². The lowest BCUT2D eigenvalue weighted by Crippen LogP contribution is -2.46. The quantitative estimate of drug-likeness (QED) is 0.229. The molecular formula is C33H46N4O5Si+2. The van der Waals surface area contributed by atoms with Crippen molar-refractivity contribution < 1.29 is 28.7 Å². The van der Waals surface area contributed by atoms with Crippen LogP contribution in [0.5, 0.6) is 11.5 Å². The molecule has 0 spiro atoms. The van der Waals surface area contributed by atoms with Gasteiger partial charge in [0.2, 0.25) is 11.2 Å². The van der Waals surface area contributed by atoms with Crippen LogP contribution >= 0.6 is 0 Å². The average molecular weight is 607 g/mol. The molecule has 10 heteroatoms. The van der Waals surface area contributed by atoms with Crippen molar-refractivity contribution in [1.82, 2.24) is 9.88 Å². The average Bonchev–Trinajstić information content (AvgIpc) is 3.45. The summed E-state index contributed by atoms with van der Waals surface area (Å²) in [6.45, 7) is 17.1. The highest BCUT2D eigenvalue weighted by atomic mass is 28.3. The van der Waals surface area contributed by atoms with Crippen molar-refractivity contribution >= 4 is 42.9 Å². The Morgan fingerprint density at radius 1 is 1.05 bits per heavy atom. The third kappa shape index (κ3) is 7.48. The fourth-order valence-electron chi connectivity index (χ4n) is 4.98. The van der Waals surface area contributed by atoms with Gasteiger partial charge in [0.05, 0.1) is 46.7 Å². The van der Waals surface area contributed by atoms with Crippen LogP contribution in [0, 0.1) is 0 Å². The SMILES string of the molecule is COc1cc(OC)cc(N(CCO)c2ccc3ncc(C4=CCN(C(=O)OC(C)(C)C)C4)[n+](CC(C)(C)[Si+](C)C)c3c2)c1. The molecule has 2 aromatic carbocycles. The van der Waals surface area contributed by atoms with Crippen LogP contribution in [-0.2, 0) is 11.3 Å². The first-order valence-corrected chi connectivity index (χ1v) is 17.2. The van der Waals surface area contributed by atoms with Crippen LogP contribution in [0.25, 0.3) is 16.6 Å². The number of methoxy groups -OCH3 is 2. The van der Waals surface area contributed by atoms with Crippen molar-refractivity contribution in [1.29, 1.82) is 0 Å². The molecule has 0 bridgehead atoms. The van der Waals surface area contributed by atoms with Crippen molar-refractivity contribution in [3.8, 4) is 11.5 Å². The van der Waals surface area contributed by atoms with Gasteiger partial charge in [0, 0.05) is 54.3 Å². The highest BCUT2D eigenvalue weighted by Gasteiger charge is 2.42. The molecule has 0 saturated heterocycles. The normalized spacial score (nSPS) is 13.6. The summed E-state index contributed by atoms with van der Waals surface area (Å²) in [5.41, 5.74) is 5.10. The predicted molar refractivity (Wildman–Crippen MR) is 173 cm³/mol. The van der Waals surface area contributed by atoms with Gasteiger partial charge in [0.15, 0.2) is 6.54 Å². The summed E-state index contributed by atoms with van der Waals surface area (Å²) in [6, 6.07) is 11.9. The third-order valence-electron chi connectivity index (χ3n) is 7.96. The van der Waals surface area contributed by atoms with Crippen LogP contribution in [-0.4, -0.2) is 75.9 Å². The Bertz CT molecular complexity index is 1480. The number of hydrogen-bond donors (Lipinski definition) is 1. The van der Waals surface area contributed by atoms with Gasteiger partial charge >= 0.3 is 14.9 Å². The topological polar surface area (TPSA) is 88.2 Å². The van der Waals surface area contributed by atoms with Crippen molar-refractivity contribution in [3.63, 3.8) is 0 Å². The molecule has 0 unspecified atom stereocenters. The second-order valence-corrected chi connectivity index (χ2v) is 16.2. The molecule has 0 fully saturated rings. The van der Waals surface area contributed by atoms with E-state index < -0.39 is 14.4 Å². The number of benzene rings is 2. The number of carbonyl (C=O) groups is 1. The monoisotopic (exact) mass is 606 g/mol. The summed E-state index contributed by atoms with van der Waals surface area (Å²) >= 11 is 0. The van der Waals surface area contributed by atoms with Gasteiger partial charge in [-0.05, 0) is 46.8 Å². The summed E-state index contributed by atoms with van der Waals surface area (Å²) in [5, 5.41) is 10.1. The highest BCUT2D eigenvalue weighted by Crippen LogP contribution is 2.35. The van der Waals surface area contributed by atoms with E-state index >= 15 is 0 Å². The molecule has 1 aliphatic rings. The Hall–Kier alpha value is -3.63. The van der Waals surface area contributed by atoms with Gasteiger partial charge in [0.25, 0.3) is 0 Å². The molecule has 1 aromatic heterocycles. The second kappa shape index (κ2) is 12.9. The Balaban J connectivity index is 1.83. The number of amides is 1. The van der Waals surface area contributed by atoms with E-state index in [0.717, 1.165) is 40.2 Å². The zero-order valence-electron chi connectivity index (χ0n) is 27.0. The molecule has 3 aromatic rings. The van der Waals surface area contributed by atoms with Gasteiger partial charge in [-0.25, -0.2) is 9.78 Å². The van der Waals surface area contributed by atoms with Crippen molar-refractivity contribution in [2.75, 3.05) is 45.4 Å². The summed E-state index contributed by atoms with van der Waals surface area (Å²) < 4.78 is 19.1. The number of hydrogen-bond acceptors (Lipinski definition) is 7. The minimum Gasteiger partial charge on any atom is -0.497 e. The summed E-state index contributed by atoms with van der Waals surface area (Å²) in [4.78, 5) is 21.5. The molecule has 1 amide bonds. The van der Waals surface area contributed by atoms with E-state index in [-0.39, 0.29) is 17.7 Å². The van der Waals surface area contributed by atoms with Crippen LogP contribution in [0.3, 0.4) is 0 Å². The Morgan fingerprint density at radius 2 is 1.72 bits per heavy atom. The molecular weight excluding hydrogens is 560 g/mol. The number of fused-ring (bicyclic) bond motifs is 1. The molecule has 0 atom stereocenters. The fraction of sp³-hybridized carbons (Fsp3) is 0.485. The van der Waals surface area contributed by atoms with E-state index in [1.165, 1.54) is 0 Å². The first-order valence-electron chi connectivity index (χ1n) is 14.7. The van der Waals surface area contributed by atoms with Gasteiger partial charge in [-0.15, -0.1) is 0 Å². The van der Waals surface area contributed by atoms with Gasteiger partial charge < -0.3 is 24.2 Å². The number of ether oxygens (including phenoxy) is 3. The van der Waals surface area contributed by atoms with E-state index in [1.54, 1.807) is 19.1 Å². The van der Waals surface area contributed by atoms with E-state index in [1.807, 2.05) is 57.3 Å². The molecule has 9 nitrogen and oxygen atoms in total. The number of carbonyl (C=O) groups excluding carboxylic acids is 1. The molecule has 0 aliphatic carbocycles. The molecule has 43 heavy (non-hydrogen) atoms. The summed E-state index contributed by atoms with van der Waals surface area (Å²) in [5.74, 6) is 1.34. The van der Waals surface area contributed by atoms with Crippen molar-refractivity contribution in [2.45, 2.75) is 64.9 Å². The Labute approximate surface area is 257 Å². The lowest BCUT2D eigenvalue weighted by molar-refractivity contribution is -0.678. The zero-order valence-corrected chi connectivity index (χ0v) is 28.0. The first kappa shape index (κ1) is 32.3. The molecule has 1 N–H and O–H groups in total. The van der Waals surface area contributed by atoms with Crippen molar-refractivity contribution in [3.05, 3.63) is 54.4 Å². The summed E-state index contributed by atoms with van der Waals surface area (Å²) in [7, 11) is 2.58. The minimum atomic E-state index is -0.668. The maximum Gasteiger partial charge on any atom is 0.410 e. The van der Waals surface area contributed by atoms with Crippen LogP contribution < -0.4 is 18.9 Å². The first-order chi connectivity index (χ1) is 20.3. The maximum absolute atomic E-state index is 12.9. The lowest BCUT2D eigenvalue weighted by Gasteiger charge is -2.25. The van der Waals surface area contributed by atoms with Crippen LogP contribution in [0.15, 0.2) is 48.7 Å². The van der Waals surface area contributed by atoms with Gasteiger partial charge in [-0.3, -0.25) is 4.90 Å². The Morgan fingerprint density at radius 3 is 2.30 bits per heavy atom. The number of aliphatic hydroxyl groups excluding tert-OH is 1. The number of rotatable bonds is 10. The number of aromatic nitrogens is 2. The molecule has 0 radical (unpaired) electrons. The molecule has 4 rings (SSSR count). The van der Waals surface area contributed by atoms with Gasteiger partial charge in [0.1, 0.15) is 27.7 Å². The second-order valence-electron chi connectivity index (χ2n) is 12.8. The summed E-state index contributed by atoms with van der Waals surface area (Å²) in [6.07, 6.45) is 3.71. The molecule has 1 aliphatic heterocycles. The van der Waals surface area contributed by atoms with Crippen LogP contribution in [0.1, 0.15) is 40.3 Å². The number of aliphatic hydroxyl groups is 1. The zero-order chi connectivity index (χ0) is 31.5. The predicted octanol–water partition coefficient (Wildman–Crippen LogP) is 5.84. The molecule has 230 valence electrons. The van der Waals surface area contributed by atoms with Crippen LogP contribution in [0.4, 0.5) is 16.2 Å². The van der Waals surface area contributed by atoms with E-state index in [2.05, 4.69) is 48.6 Å². The van der Waals surface area contributed by atoms with Gasteiger partial charge in [-0.1, -0.05) is 6.08 Å². The number of nitrogens with zero attached hydrogens (tertiary/aromatic N) is 4. The molecule has 0 saturated carbocycles. The Kier molecular flexibility index (Phi) is 9.71. The van der Waals surface area contributed by atoms with Gasteiger partial charge in [-0.2, -0.15) is 4.57 Å². The van der Waals surface area contributed by atoms with E-state index in [9.17, 15) is 9.90 Å². The van der Waals surface area contributed by atoms with Crippen LogP contribution in [0.2, 0.25) is 18.1 Å². The highest BCUT2D eigenvalue weighted by molar-refractivity contribution is 6.59. The molecule has 2 heterocycles. The standard InChI is InChI=1S/C33H46N4O5Si/c1-32(2,3)42-31(39)35-13-12-23(21-35)30-20-34-28-11-10-24(18-29(28)37(30)22-33(4,5)43(8)9)36(14-15-38)25-16-26(40-6)19-27(17-25)41-7/h10-12,16-20,38H,13-15,21-22H2,1-9H3/q+2. The maximum atomic E-state index is 12.9. The fourth-order valence-corrected chi connectivity index (χ4v) is 5.45. The lowest BCUT2D eigenvalue weighted by atomic mass is 10.1. The smallest absolute Gasteiger partial charge is 0.410 e. The third-order valence-corrected chi connectivity index (χ3v) is 10.8. The van der Waals surface area contributed by atoms with Crippen molar-refractivity contribution in [2.24, 2.45) is 0 Å².